The number of anilines is 1. The Morgan fingerprint density at radius 2 is 2.00 bits per heavy atom. The van der Waals surface area contributed by atoms with Gasteiger partial charge in [0.1, 0.15) is 0 Å². The first-order chi connectivity index (χ1) is 12.5. The highest BCUT2D eigenvalue weighted by Gasteiger charge is 2.21. The summed E-state index contributed by atoms with van der Waals surface area (Å²) >= 11 is 0. The molecule has 0 spiro atoms. The number of nitro groups is 1. The van der Waals surface area contributed by atoms with Crippen LogP contribution in [0.4, 0.5) is 11.6 Å². The van der Waals surface area contributed by atoms with Crippen LogP contribution in [-0.4, -0.2) is 40.4 Å². The van der Waals surface area contributed by atoms with Crippen LogP contribution in [0.5, 0.6) is 0 Å². The number of hydrogen-bond donors (Lipinski definition) is 1. The van der Waals surface area contributed by atoms with Crippen LogP contribution in [0, 0.1) is 23.0 Å². The number of rotatable bonds is 5. The normalized spacial score (nSPS) is 14.9. The van der Waals surface area contributed by atoms with Crippen molar-refractivity contribution < 1.29 is 9.72 Å². The van der Waals surface area contributed by atoms with Crippen LogP contribution in [0.25, 0.3) is 0 Å². The molecule has 3 rings (SSSR count). The predicted octanol–water partition coefficient (Wildman–Crippen LogP) is 2.34. The van der Waals surface area contributed by atoms with Crippen molar-refractivity contribution in [1.29, 1.82) is 0 Å². The van der Waals surface area contributed by atoms with Gasteiger partial charge in [-0.05, 0) is 43.9 Å². The molecule has 1 saturated heterocycles. The molecule has 0 saturated carbocycles. The minimum atomic E-state index is -0.443. The van der Waals surface area contributed by atoms with E-state index in [1.54, 1.807) is 31.5 Å². The van der Waals surface area contributed by atoms with Crippen LogP contribution in [-0.2, 0) is 0 Å². The largest absolute Gasteiger partial charge is 0.352 e. The van der Waals surface area contributed by atoms with Gasteiger partial charge in [0, 0.05) is 49.2 Å². The lowest BCUT2D eigenvalue weighted by Gasteiger charge is -2.31. The fourth-order valence-corrected chi connectivity index (χ4v) is 3.13. The summed E-state index contributed by atoms with van der Waals surface area (Å²) < 4.78 is 0. The molecule has 1 fully saturated rings. The predicted molar refractivity (Wildman–Crippen MR) is 97.1 cm³/mol. The number of piperidine rings is 1. The summed E-state index contributed by atoms with van der Waals surface area (Å²) in [6, 6.07) is 6.23. The van der Waals surface area contributed by atoms with Crippen molar-refractivity contribution >= 4 is 17.5 Å². The lowest BCUT2D eigenvalue weighted by atomic mass is 9.97. The SMILES string of the molecule is Cc1cc(C(=O)NCC2CCN(c3ncccn3)CC2)ccc1[N+](=O)[O-]. The number of benzene rings is 1. The molecule has 8 heteroatoms. The van der Waals surface area contributed by atoms with E-state index < -0.39 is 4.92 Å². The van der Waals surface area contributed by atoms with Crippen molar-refractivity contribution in [2.45, 2.75) is 19.8 Å². The van der Waals surface area contributed by atoms with Crippen molar-refractivity contribution in [2.24, 2.45) is 5.92 Å². The van der Waals surface area contributed by atoms with E-state index in [2.05, 4.69) is 20.2 Å². The Labute approximate surface area is 151 Å². The van der Waals surface area contributed by atoms with Crippen molar-refractivity contribution in [3.63, 3.8) is 0 Å². The van der Waals surface area contributed by atoms with Crippen LogP contribution in [0.2, 0.25) is 0 Å². The summed E-state index contributed by atoms with van der Waals surface area (Å²) in [5.41, 5.74) is 0.957. The topological polar surface area (TPSA) is 101 Å². The third-order valence-electron chi connectivity index (χ3n) is 4.66. The Kier molecular flexibility index (Phi) is 5.40. The van der Waals surface area contributed by atoms with E-state index in [1.807, 2.05) is 0 Å². The maximum absolute atomic E-state index is 12.3. The number of hydrogen-bond acceptors (Lipinski definition) is 6. The first-order valence-electron chi connectivity index (χ1n) is 8.60. The fourth-order valence-electron chi connectivity index (χ4n) is 3.13. The van der Waals surface area contributed by atoms with E-state index in [4.69, 9.17) is 0 Å². The molecule has 1 aliphatic rings. The molecule has 8 nitrogen and oxygen atoms in total. The number of nitrogens with one attached hydrogen (secondary N) is 1. The van der Waals surface area contributed by atoms with Gasteiger partial charge in [0.25, 0.3) is 11.6 Å². The van der Waals surface area contributed by atoms with Crippen LogP contribution in [0.1, 0.15) is 28.8 Å². The van der Waals surface area contributed by atoms with E-state index in [0.29, 0.717) is 23.6 Å². The first-order valence-corrected chi connectivity index (χ1v) is 8.60. The molecule has 0 radical (unpaired) electrons. The maximum atomic E-state index is 12.3. The third-order valence-corrected chi connectivity index (χ3v) is 4.66. The molecule has 0 bridgehead atoms. The van der Waals surface area contributed by atoms with Gasteiger partial charge in [-0.1, -0.05) is 0 Å². The first kappa shape index (κ1) is 17.8. The number of aryl methyl sites for hydroxylation is 1. The molecule has 2 aromatic rings. The average Bonchev–Trinajstić information content (AvgIpc) is 2.67. The van der Waals surface area contributed by atoms with Crippen LogP contribution in [0.15, 0.2) is 36.7 Å². The molecule has 0 unspecified atom stereocenters. The summed E-state index contributed by atoms with van der Waals surface area (Å²) in [4.78, 5) is 33.4. The molecule has 1 aromatic heterocycles. The highest BCUT2D eigenvalue weighted by molar-refractivity contribution is 5.94. The van der Waals surface area contributed by atoms with Gasteiger partial charge in [0.2, 0.25) is 5.95 Å². The monoisotopic (exact) mass is 355 g/mol. The summed E-state index contributed by atoms with van der Waals surface area (Å²) in [5, 5.41) is 13.8. The van der Waals surface area contributed by atoms with Gasteiger partial charge in [-0.2, -0.15) is 0 Å². The number of nitrogens with zero attached hydrogens (tertiary/aromatic N) is 4. The number of aromatic nitrogens is 2. The van der Waals surface area contributed by atoms with Crippen molar-refractivity contribution in [2.75, 3.05) is 24.5 Å². The molecule has 26 heavy (non-hydrogen) atoms. The molecule has 1 N–H and O–H groups in total. The maximum Gasteiger partial charge on any atom is 0.272 e. The van der Waals surface area contributed by atoms with E-state index in [1.165, 1.54) is 12.1 Å². The molecular formula is C18H21N5O3. The smallest absolute Gasteiger partial charge is 0.272 e. The van der Waals surface area contributed by atoms with Gasteiger partial charge in [-0.3, -0.25) is 14.9 Å². The lowest BCUT2D eigenvalue weighted by Crippen LogP contribution is -2.39. The second-order valence-electron chi connectivity index (χ2n) is 6.45. The third kappa shape index (κ3) is 4.14. The van der Waals surface area contributed by atoms with Gasteiger partial charge in [0.15, 0.2) is 0 Å². The van der Waals surface area contributed by atoms with Gasteiger partial charge >= 0.3 is 0 Å². The van der Waals surface area contributed by atoms with Crippen molar-refractivity contribution in [1.82, 2.24) is 15.3 Å². The molecule has 1 aliphatic heterocycles. The van der Waals surface area contributed by atoms with Crippen molar-refractivity contribution in [3.8, 4) is 0 Å². The number of amides is 1. The van der Waals surface area contributed by atoms with Crippen LogP contribution < -0.4 is 10.2 Å². The summed E-state index contributed by atoms with van der Waals surface area (Å²) in [6.45, 7) is 3.96. The summed E-state index contributed by atoms with van der Waals surface area (Å²) in [6.07, 6.45) is 5.39. The number of carbonyl (C=O) groups excluding carboxylic acids is 1. The van der Waals surface area contributed by atoms with E-state index in [0.717, 1.165) is 31.9 Å². The number of carbonyl (C=O) groups is 1. The Morgan fingerprint density at radius 1 is 1.31 bits per heavy atom. The molecule has 136 valence electrons. The van der Waals surface area contributed by atoms with E-state index in [-0.39, 0.29) is 11.6 Å². The average molecular weight is 355 g/mol. The Balaban J connectivity index is 1.50. The minimum absolute atomic E-state index is 0.0250. The molecular weight excluding hydrogens is 334 g/mol. The zero-order valence-electron chi connectivity index (χ0n) is 14.6. The highest BCUT2D eigenvalue weighted by Crippen LogP contribution is 2.21. The number of nitro benzene ring substituents is 1. The summed E-state index contributed by atoms with van der Waals surface area (Å²) in [5.74, 6) is 0.950. The molecule has 2 heterocycles. The van der Waals surface area contributed by atoms with Crippen LogP contribution in [0.3, 0.4) is 0 Å². The zero-order valence-corrected chi connectivity index (χ0v) is 14.6. The standard InChI is InChI=1S/C18H21N5O3/c1-13-11-15(3-4-16(13)23(25)26)17(24)21-12-14-5-9-22(10-6-14)18-19-7-2-8-20-18/h2-4,7-8,11,14H,5-6,9-10,12H2,1H3,(H,21,24). The van der Waals surface area contributed by atoms with E-state index >= 15 is 0 Å². The molecule has 1 amide bonds. The zero-order chi connectivity index (χ0) is 18.5. The molecule has 1 aromatic carbocycles. The van der Waals surface area contributed by atoms with Crippen LogP contribution >= 0.6 is 0 Å². The fraction of sp³-hybridized carbons (Fsp3) is 0.389. The van der Waals surface area contributed by atoms with Gasteiger partial charge in [-0.25, -0.2) is 9.97 Å². The second-order valence-corrected chi connectivity index (χ2v) is 6.45. The Bertz CT molecular complexity index is 789. The van der Waals surface area contributed by atoms with Gasteiger partial charge in [0.05, 0.1) is 4.92 Å². The second kappa shape index (κ2) is 7.90. The Hall–Kier alpha value is -3.03. The van der Waals surface area contributed by atoms with Gasteiger partial charge < -0.3 is 10.2 Å². The van der Waals surface area contributed by atoms with E-state index in [9.17, 15) is 14.9 Å². The van der Waals surface area contributed by atoms with Gasteiger partial charge in [-0.15, -0.1) is 0 Å². The quantitative estimate of drug-likeness (QED) is 0.652. The summed E-state index contributed by atoms with van der Waals surface area (Å²) in [7, 11) is 0. The minimum Gasteiger partial charge on any atom is -0.352 e. The Morgan fingerprint density at radius 3 is 2.62 bits per heavy atom. The molecule has 0 aliphatic carbocycles. The highest BCUT2D eigenvalue weighted by atomic mass is 16.6. The van der Waals surface area contributed by atoms with Crippen molar-refractivity contribution in [3.05, 3.63) is 57.9 Å². The molecule has 0 atom stereocenters. The lowest BCUT2D eigenvalue weighted by molar-refractivity contribution is -0.385.